The van der Waals surface area contributed by atoms with Gasteiger partial charge in [0.1, 0.15) is 6.54 Å². The van der Waals surface area contributed by atoms with Crippen molar-refractivity contribution in [2.24, 2.45) is 0 Å². The number of nitrogens with zero attached hydrogens (tertiary/aromatic N) is 3. The Balaban J connectivity index is 0.00000208. The molecule has 2 heterocycles. The fourth-order valence-electron chi connectivity index (χ4n) is 2.81. The van der Waals surface area contributed by atoms with Gasteiger partial charge >= 0.3 is 0 Å². The Bertz CT molecular complexity index is 689. The van der Waals surface area contributed by atoms with Crippen LogP contribution in [0.3, 0.4) is 0 Å². The first kappa shape index (κ1) is 18.4. The summed E-state index contributed by atoms with van der Waals surface area (Å²) >= 11 is 0. The highest BCUT2D eigenvalue weighted by molar-refractivity contribution is 5.94. The average Bonchev–Trinajstić information content (AvgIpc) is 2.93. The highest BCUT2D eigenvalue weighted by atomic mass is 35.5. The lowest BCUT2D eigenvalue weighted by atomic mass is 10.1. The number of fused-ring (bicyclic) bond motifs is 1. The van der Waals surface area contributed by atoms with Gasteiger partial charge in [-0.05, 0) is 38.4 Å². The number of benzene rings is 1. The largest absolute Gasteiger partial charge is 0.337 e. The molecular weight excluding hydrogens is 328 g/mol. The van der Waals surface area contributed by atoms with E-state index in [1.54, 1.807) is 4.90 Å². The number of amides is 1. The lowest BCUT2D eigenvalue weighted by Gasteiger charge is -2.21. The van der Waals surface area contributed by atoms with Crippen molar-refractivity contribution in [3.05, 3.63) is 41.5 Å². The topological polar surface area (TPSA) is 71.3 Å². The zero-order chi connectivity index (χ0) is 16.2. The minimum atomic E-state index is 0. The minimum Gasteiger partial charge on any atom is -0.337 e. The maximum Gasteiger partial charge on any atom is 0.246 e. The third kappa shape index (κ3) is 4.13. The Morgan fingerprint density at radius 1 is 1.33 bits per heavy atom. The van der Waals surface area contributed by atoms with Gasteiger partial charge in [0.05, 0.1) is 0 Å². The quantitative estimate of drug-likeness (QED) is 0.897. The van der Waals surface area contributed by atoms with Crippen molar-refractivity contribution in [1.29, 1.82) is 0 Å². The van der Waals surface area contributed by atoms with Gasteiger partial charge in [-0.1, -0.05) is 23.4 Å². The van der Waals surface area contributed by atoms with E-state index in [1.165, 1.54) is 5.56 Å². The van der Waals surface area contributed by atoms with Gasteiger partial charge in [-0.25, -0.2) is 0 Å². The molecule has 130 valence electrons. The monoisotopic (exact) mass is 350 g/mol. The molecule has 3 rings (SSSR count). The number of hydrogen-bond acceptors (Lipinski definition) is 5. The van der Waals surface area contributed by atoms with Crippen LogP contribution in [0.4, 0.5) is 5.69 Å². The Labute approximate surface area is 148 Å². The Morgan fingerprint density at radius 3 is 2.92 bits per heavy atom. The van der Waals surface area contributed by atoms with Crippen molar-refractivity contribution < 1.29 is 9.32 Å². The fourth-order valence-corrected chi connectivity index (χ4v) is 2.81. The van der Waals surface area contributed by atoms with Gasteiger partial charge in [-0.2, -0.15) is 4.98 Å². The molecule has 1 aliphatic rings. The van der Waals surface area contributed by atoms with Gasteiger partial charge in [0.15, 0.2) is 5.82 Å². The molecule has 24 heavy (non-hydrogen) atoms. The van der Waals surface area contributed by atoms with Crippen LogP contribution in [0, 0.1) is 0 Å². The number of halogens is 1. The van der Waals surface area contributed by atoms with E-state index < -0.39 is 0 Å². The second-order valence-electron chi connectivity index (χ2n) is 5.96. The maximum atomic E-state index is 12.4. The summed E-state index contributed by atoms with van der Waals surface area (Å²) in [5.74, 6) is 1.25. The number of carbonyl (C=O) groups is 1. The summed E-state index contributed by atoms with van der Waals surface area (Å²) in [6.45, 7) is 2.39. The smallest absolute Gasteiger partial charge is 0.246 e. The molecule has 0 spiro atoms. The van der Waals surface area contributed by atoms with Crippen molar-refractivity contribution in [2.45, 2.75) is 45.2 Å². The fraction of sp³-hybridized carbons (Fsp3) is 0.471. The molecule has 1 aromatic carbocycles. The highest BCUT2D eigenvalue weighted by Gasteiger charge is 2.24. The van der Waals surface area contributed by atoms with Gasteiger partial charge in [0.25, 0.3) is 0 Å². The maximum absolute atomic E-state index is 12.4. The highest BCUT2D eigenvalue weighted by Crippen LogP contribution is 2.27. The van der Waals surface area contributed by atoms with E-state index in [9.17, 15) is 4.79 Å². The van der Waals surface area contributed by atoms with Crippen LogP contribution < -0.4 is 10.2 Å². The molecular formula is C17H23ClN4O2. The molecule has 1 atom stereocenters. The Kier molecular flexibility index (Phi) is 6.34. The number of hydrogen-bond donors (Lipinski definition) is 1. The van der Waals surface area contributed by atoms with E-state index in [2.05, 4.69) is 28.4 Å². The molecule has 1 N–H and O–H groups in total. The molecule has 6 nitrogen and oxygen atoms in total. The van der Waals surface area contributed by atoms with Crippen LogP contribution in [0.1, 0.15) is 37.0 Å². The summed E-state index contributed by atoms with van der Waals surface area (Å²) in [4.78, 5) is 18.6. The predicted octanol–water partition coefficient (Wildman–Crippen LogP) is 2.51. The zero-order valence-corrected chi connectivity index (χ0v) is 14.8. The summed E-state index contributed by atoms with van der Waals surface area (Å²) in [6.07, 6.45) is 3.05. The third-order valence-electron chi connectivity index (χ3n) is 4.21. The number of rotatable bonds is 5. The first-order chi connectivity index (χ1) is 11.2. The molecule has 0 saturated carbocycles. The van der Waals surface area contributed by atoms with Gasteiger partial charge < -0.3 is 14.7 Å². The summed E-state index contributed by atoms with van der Waals surface area (Å²) in [7, 11) is 1.90. The molecule has 0 fully saturated rings. The number of aromatic nitrogens is 2. The number of nitrogens with one attached hydrogen (secondary N) is 1. The van der Waals surface area contributed by atoms with Crippen molar-refractivity contribution >= 4 is 24.0 Å². The predicted molar refractivity (Wildman–Crippen MR) is 94.3 cm³/mol. The van der Waals surface area contributed by atoms with Crippen LogP contribution in [0.2, 0.25) is 0 Å². The molecule has 1 aromatic heterocycles. The van der Waals surface area contributed by atoms with Crippen molar-refractivity contribution in [2.75, 3.05) is 11.9 Å². The number of aryl methyl sites for hydroxylation is 1. The normalized spacial score (nSPS) is 15.4. The molecule has 1 amide bonds. The molecule has 7 heteroatoms. The third-order valence-corrected chi connectivity index (χ3v) is 4.21. The SMILES string of the molecule is CNC(C)Cc1noc(CN2C(=O)CCCc3ccccc32)n1.Cl. The first-order valence-electron chi connectivity index (χ1n) is 8.04. The van der Waals surface area contributed by atoms with E-state index in [1.807, 2.05) is 25.2 Å². The van der Waals surface area contributed by atoms with Crippen LogP contribution in [-0.2, 0) is 24.2 Å². The number of anilines is 1. The van der Waals surface area contributed by atoms with Crippen molar-refractivity contribution in [3.63, 3.8) is 0 Å². The first-order valence-corrected chi connectivity index (χ1v) is 8.04. The average molecular weight is 351 g/mol. The van der Waals surface area contributed by atoms with Crippen molar-refractivity contribution in [3.8, 4) is 0 Å². The number of para-hydroxylation sites is 1. The molecule has 2 aromatic rings. The van der Waals surface area contributed by atoms with Gasteiger partial charge in [0.2, 0.25) is 11.8 Å². The van der Waals surface area contributed by atoms with Gasteiger partial charge in [0, 0.05) is 24.6 Å². The molecule has 0 aliphatic carbocycles. The summed E-state index contributed by atoms with van der Waals surface area (Å²) < 4.78 is 5.33. The second kappa shape index (κ2) is 8.26. The lowest BCUT2D eigenvalue weighted by molar-refractivity contribution is -0.118. The van der Waals surface area contributed by atoms with Crippen molar-refractivity contribution in [1.82, 2.24) is 15.5 Å². The summed E-state index contributed by atoms with van der Waals surface area (Å²) in [6, 6.07) is 8.31. The van der Waals surface area contributed by atoms with Crippen LogP contribution in [0.15, 0.2) is 28.8 Å². The van der Waals surface area contributed by atoms with E-state index in [-0.39, 0.29) is 24.4 Å². The van der Waals surface area contributed by atoms with Crippen LogP contribution in [0.5, 0.6) is 0 Å². The molecule has 0 bridgehead atoms. The minimum absolute atomic E-state index is 0. The standard InChI is InChI=1S/C17H22N4O2.ClH/c1-12(18-2)10-15-19-16(23-20-15)11-21-14-8-4-3-6-13(14)7-5-9-17(21)22;/h3-4,6,8,12,18H,5,7,9-11H2,1-2H3;1H. The zero-order valence-electron chi connectivity index (χ0n) is 14.0. The van der Waals surface area contributed by atoms with Gasteiger partial charge in [-0.15, -0.1) is 12.4 Å². The number of likely N-dealkylation sites (N-methyl/N-ethyl adjacent to an activating group) is 1. The lowest BCUT2D eigenvalue weighted by Crippen LogP contribution is -2.29. The Hall–Kier alpha value is -1.92. The summed E-state index contributed by atoms with van der Waals surface area (Å²) in [5.41, 5.74) is 2.15. The van der Waals surface area contributed by atoms with E-state index in [0.717, 1.165) is 18.5 Å². The van der Waals surface area contributed by atoms with Crippen LogP contribution >= 0.6 is 12.4 Å². The molecule has 0 saturated heterocycles. The van der Waals surface area contributed by atoms with E-state index in [0.29, 0.717) is 31.1 Å². The van der Waals surface area contributed by atoms with Gasteiger partial charge in [-0.3, -0.25) is 4.79 Å². The van der Waals surface area contributed by atoms with E-state index >= 15 is 0 Å². The van der Waals surface area contributed by atoms with Crippen LogP contribution in [-0.4, -0.2) is 29.1 Å². The molecule has 1 aliphatic heterocycles. The number of carbonyl (C=O) groups excluding carboxylic acids is 1. The summed E-state index contributed by atoms with van der Waals surface area (Å²) in [5, 5.41) is 7.16. The van der Waals surface area contributed by atoms with E-state index in [4.69, 9.17) is 4.52 Å². The Morgan fingerprint density at radius 2 is 2.12 bits per heavy atom. The second-order valence-corrected chi connectivity index (χ2v) is 5.96. The molecule has 0 radical (unpaired) electrons. The molecule has 1 unspecified atom stereocenters. The van der Waals surface area contributed by atoms with Crippen LogP contribution in [0.25, 0.3) is 0 Å².